The van der Waals surface area contributed by atoms with Crippen LogP contribution in [0.3, 0.4) is 0 Å². The zero-order valence-corrected chi connectivity index (χ0v) is 14.4. The topological polar surface area (TPSA) is 87.0 Å². The van der Waals surface area contributed by atoms with Crippen LogP contribution in [0.1, 0.15) is 12.8 Å². The summed E-state index contributed by atoms with van der Waals surface area (Å²) in [4.78, 5) is 11.5. The summed E-state index contributed by atoms with van der Waals surface area (Å²) in [6.45, 7) is 3.19. The minimum atomic E-state index is -6.14. The third-order valence-corrected chi connectivity index (χ3v) is 4.30. The first-order valence-electron chi connectivity index (χ1n) is 6.73. The molecule has 138 valence electrons. The van der Waals surface area contributed by atoms with E-state index in [2.05, 4.69) is 11.3 Å². The second-order valence-corrected chi connectivity index (χ2v) is 6.86. The largest absolute Gasteiger partial charge is 0.457 e. The lowest BCUT2D eigenvalue weighted by Gasteiger charge is -2.46. The summed E-state index contributed by atoms with van der Waals surface area (Å²) >= 11 is 0.0157. The average Bonchev–Trinajstić information content (AvgIpc) is 2.40. The van der Waals surface area contributed by atoms with Crippen LogP contribution >= 0.6 is 0 Å². The highest BCUT2D eigenvalue weighted by molar-refractivity contribution is 6.34. The number of carbonyl (C=O) groups is 1. The molecule has 0 amide bonds. The lowest BCUT2D eigenvalue weighted by atomic mass is 9.72. The normalized spacial score (nSPS) is 29.2. The van der Waals surface area contributed by atoms with Crippen molar-refractivity contribution < 1.29 is 51.2 Å². The predicted octanol–water partition coefficient (Wildman–Crippen LogP) is 0.0325. The molecular weight excluding hydrogens is 365 g/mol. The molecule has 0 spiro atoms. The number of aliphatic hydroxyl groups is 3. The van der Waals surface area contributed by atoms with E-state index in [1.165, 1.54) is 0 Å². The Bertz CT molecular complexity index is 491. The van der Waals surface area contributed by atoms with Gasteiger partial charge in [0.2, 0.25) is 0 Å². The van der Waals surface area contributed by atoms with Crippen molar-refractivity contribution in [2.45, 2.75) is 49.1 Å². The lowest BCUT2D eigenvalue weighted by Crippen LogP contribution is -2.68. The van der Waals surface area contributed by atoms with E-state index in [1.807, 2.05) is 0 Å². The lowest BCUT2D eigenvalue weighted by molar-refractivity contribution is -0.396. The average molecular weight is 380 g/mol. The highest BCUT2D eigenvalue weighted by Gasteiger charge is 2.76. The molecule has 0 aromatic heterocycles. The van der Waals surface area contributed by atoms with Crippen LogP contribution in [0.2, 0.25) is 0 Å². The van der Waals surface area contributed by atoms with Crippen LogP contribution < -0.4 is 0 Å². The zero-order valence-electron chi connectivity index (χ0n) is 12.4. The molecule has 4 atom stereocenters. The van der Waals surface area contributed by atoms with Gasteiger partial charge in [0.1, 0.15) is 12.2 Å². The molecule has 0 aromatic rings. The number of hydrogen-bond donors (Lipinski definition) is 3. The summed E-state index contributed by atoms with van der Waals surface area (Å²) in [6.07, 6.45) is -20.2. The van der Waals surface area contributed by atoms with Gasteiger partial charge in [-0.05, 0) is 17.3 Å². The number of esters is 1. The van der Waals surface area contributed by atoms with Crippen molar-refractivity contribution >= 4 is 22.3 Å². The molecule has 0 bridgehead atoms. The summed E-state index contributed by atoms with van der Waals surface area (Å²) in [5.74, 6) is -4.03. The first-order chi connectivity index (χ1) is 10.6. The van der Waals surface area contributed by atoms with Crippen molar-refractivity contribution in [3.63, 3.8) is 0 Å². The summed E-state index contributed by atoms with van der Waals surface area (Å²) < 4.78 is 82.4. The Morgan fingerprint density at radius 1 is 1.08 bits per heavy atom. The van der Waals surface area contributed by atoms with Crippen LogP contribution in [0.4, 0.5) is 26.3 Å². The number of halogens is 6. The van der Waals surface area contributed by atoms with E-state index in [0.29, 0.717) is 0 Å². The minimum Gasteiger partial charge on any atom is -0.457 e. The molecule has 3 N–H and O–H groups in total. The molecule has 24 heavy (non-hydrogen) atoms. The van der Waals surface area contributed by atoms with Gasteiger partial charge >= 0.3 is 18.3 Å². The van der Waals surface area contributed by atoms with Crippen molar-refractivity contribution in [1.82, 2.24) is 0 Å². The van der Waals surface area contributed by atoms with E-state index in [9.17, 15) is 46.5 Å². The number of carbonyl (C=O) groups excluding carboxylic acids is 1. The van der Waals surface area contributed by atoms with E-state index >= 15 is 0 Å². The van der Waals surface area contributed by atoms with Gasteiger partial charge in [-0.2, -0.15) is 26.3 Å². The fourth-order valence-corrected chi connectivity index (χ4v) is 2.66. The summed E-state index contributed by atoms with van der Waals surface area (Å²) in [6, 6.07) is 0. The van der Waals surface area contributed by atoms with Crippen molar-refractivity contribution in [1.29, 1.82) is 0 Å². The standard InChI is InChI=1S/C12H13F6O5.Al.2H/c1-2-7(20)23-9-5(3-4-6(19)8(9)21)10(22,11(13,14)15)12(16,17)18;;;/h5-6,8-9,19,21-22H,1,3-4H2;;;. The third-order valence-electron chi connectivity index (χ3n) is 3.89. The SMILES string of the molecule is C=[C]([AlH2])C(=O)OC1C(O)C(O)CCC1C(O)(C(F)(F)F)C(F)(F)F. The number of alkyl halides is 6. The summed E-state index contributed by atoms with van der Waals surface area (Å²) in [5, 5.41) is 28.7. The maximum absolute atomic E-state index is 13.0. The minimum absolute atomic E-state index is 0.0157. The second kappa shape index (κ2) is 6.84. The van der Waals surface area contributed by atoms with Crippen LogP contribution in [0.25, 0.3) is 0 Å². The number of hydrogen-bond acceptors (Lipinski definition) is 5. The fraction of sp³-hybridized carbons (Fsp3) is 0.750. The van der Waals surface area contributed by atoms with Crippen LogP contribution in [0, 0.1) is 5.92 Å². The Hall–Kier alpha value is -0.798. The maximum Gasteiger partial charge on any atom is 0.426 e. The van der Waals surface area contributed by atoms with Crippen molar-refractivity contribution in [3.05, 3.63) is 11.0 Å². The summed E-state index contributed by atoms with van der Waals surface area (Å²) in [7, 11) is 0. The Morgan fingerprint density at radius 2 is 1.54 bits per heavy atom. The Morgan fingerprint density at radius 3 is 1.92 bits per heavy atom. The van der Waals surface area contributed by atoms with Gasteiger partial charge in [-0.15, -0.1) is 6.58 Å². The first-order valence-corrected chi connectivity index (χ1v) is 7.73. The van der Waals surface area contributed by atoms with Gasteiger partial charge in [0.15, 0.2) is 0 Å². The van der Waals surface area contributed by atoms with Gasteiger partial charge in [-0.1, -0.05) is 0 Å². The molecule has 0 aromatic carbocycles. The van der Waals surface area contributed by atoms with Crippen molar-refractivity contribution in [2.24, 2.45) is 5.92 Å². The van der Waals surface area contributed by atoms with Gasteiger partial charge in [-0.3, -0.25) is 0 Å². The molecule has 1 rings (SSSR count). The van der Waals surface area contributed by atoms with E-state index in [4.69, 9.17) is 0 Å². The molecule has 1 aliphatic carbocycles. The predicted molar refractivity (Wildman–Crippen MR) is 69.4 cm³/mol. The van der Waals surface area contributed by atoms with Crippen LogP contribution in [0.5, 0.6) is 0 Å². The van der Waals surface area contributed by atoms with Crippen LogP contribution in [-0.2, 0) is 9.53 Å². The molecule has 4 unspecified atom stereocenters. The maximum atomic E-state index is 13.0. The number of rotatable bonds is 3. The van der Waals surface area contributed by atoms with Gasteiger partial charge in [-0.25, -0.2) is 4.79 Å². The molecule has 0 saturated heterocycles. The molecule has 0 radical (unpaired) electrons. The van der Waals surface area contributed by atoms with Gasteiger partial charge < -0.3 is 20.1 Å². The fourth-order valence-electron chi connectivity index (χ4n) is 2.55. The van der Waals surface area contributed by atoms with Crippen molar-refractivity contribution in [3.8, 4) is 0 Å². The van der Waals surface area contributed by atoms with Crippen LogP contribution in [0.15, 0.2) is 11.0 Å². The van der Waals surface area contributed by atoms with E-state index in [0.717, 1.165) is 0 Å². The van der Waals surface area contributed by atoms with E-state index in [-0.39, 0.29) is 20.7 Å². The molecule has 1 fully saturated rings. The number of aliphatic hydroxyl groups excluding tert-OH is 2. The molecular formula is C12H15AlF6O5. The molecule has 0 aliphatic heterocycles. The molecule has 0 heterocycles. The Labute approximate surface area is 140 Å². The highest BCUT2D eigenvalue weighted by atomic mass is 27.0. The number of ether oxygens (including phenoxy) is 1. The molecule has 1 aliphatic rings. The third kappa shape index (κ3) is 3.72. The second-order valence-electron chi connectivity index (χ2n) is 5.65. The molecule has 12 heteroatoms. The molecule has 5 nitrogen and oxygen atoms in total. The highest BCUT2D eigenvalue weighted by Crippen LogP contribution is 2.52. The van der Waals surface area contributed by atoms with Gasteiger partial charge in [0.25, 0.3) is 21.9 Å². The Balaban J connectivity index is 3.38. The first kappa shape index (κ1) is 21.2. The van der Waals surface area contributed by atoms with Crippen molar-refractivity contribution in [2.75, 3.05) is 0 Å². The zero-order chi connectivity index (χ0) is 19.1. The monoisotopic (exact) mass is 380 g/mol. The van der Waals surface area contributed by atoms with Gasteiger partial charge in [0, 0.05) is 5.92 Å². The Kier molecular flexibility index (Phi) is 6.05. The smallest absolute Gasteiger partial charge is 0.426 e. The molecule has 1 saturated carbocycles. The van der Waals surface area contributed by atoms with E-state index < -0.39 is 61.0 Å². The summed E-state index contributed by atoms with van der Waals surface area (Å²) in [5.41, 5.74) is -5.21. The van der Waals surface area contributed by atoms with Crippen LogP contribution in [-0.4, -0.2) is 73.8 Å². The quantitative estimate of drug-likeness (QED) is 0.279. The van der Waals surface area contributed by atoms with Gasteiger partial charge in [0.05, 0.1) is 6.10 Å². The van der Waals surface area contributed by atoms with E-state index in [1.54, 1.807) is 0 Å².